The number of fused-ring (bicyclic) bond motifs is 6. The van der Waals surface area contributed by atoms with Gasteiger partial charge in [0.05, 0.1) is 22.1 Å². The first-order valence-electron chi connectivity index (χ1n) is 21.4. The SMILES string of the molecule is CC(C)c1ccc(-n2c3ccccc3c3cc(-c4ccc5ccc6c(-c7ccc8c(c7)c7ccccc7n8-c7ccc(C(C)C)cc7)ccc7ccc4c5c76)ccc32)cc1. The van der Waals surface area contributed by atoms with Gasteiger partial charge in [-0.15, -0.1) is 0 Å². The quantitative estimate of drug-likeness (QED) is 0.149. The van der Waals surface area contributed by atoms with Gasteiger partial charge in [-0.2, -0.15) is 0 Å². The molecular formula is C58H44N2. The van der Waals surface area contributed by atoms with Gasteiger partial charge in [0.15, 0.2) is 0 Å². The fourth-order valence-electron chi connectivity index (χ4n) is 10.2. The third kappa shape index (κ3) is 5.13. The molecule has 0 saturated heterocycles. The maximum absolute atomic E-state index is 2.42. The van der Waals surface area contributed by atoms with Crippen LogP contribution in [-0.2, 0) is 0 Å². The van der Waals surface area contributed by atoms with Crippen LogP contribution >= 0.6 is 0 Å². The van der Waals surface area contributed by atoms with Crippen molar-refractivity contribution in [1.29, 1.82) is 0 Å². The van der Waals surface area contributed by atoms with Crippen LogP contribution in [0.15, 0.2) is 182 Å². The summed E-state index contributed by atoms with van der Waals surface area (Å²) in [5.74, 6) is 0.998. The van der Waals surface area contributed by atoms with Crippen LogP contribution in [0.3, 0.4) is 0 Å². The van der Waals surface area contributed by atoms with Crippen molar-refractivity contribution >= 4 is 75.9 Å². The van der Waals surface area contributed by atoms with E-state index in [-0.39, 0.29) is 0 Å². The Hall–Kier alpha value is -7.16. The largest absolute Gasteiger partial charge is 0.309 e. The lowest BCUT2D eigenvalue weighted by atomic mass is 9.87. The minimum absolute atomic E-state index is 0.499. The van der Waals surface area contributed by atoms with E-state index < -0.39 is 0 Å². The Morgan fingerprint density at radius 1 is 0.317 bits per heavy atom. The fraction of sp³-hybridized carbons (Fsp3) is 0.103. The van der Waals surface area contributed by atoms with Crippen molar-refractivity contribution in [3.63, 3.8) is 0 Å². The lowest BCUT2D eigenvalue weighted by molar-refractivity contribution is 0.865. The first-order chi connectivity index (χ1) is 29.4. The number of benzene rings is 10. The van der Waals surface area contributed by atoms with Crippen LogP contribution in [0.4, 0.5) is 0 Å². The highest BCUT2D eigenvalue weighted by Crippen LogP contribution is 2.45. The molecule has 0 saturated carbocycles. The summed E-state index contributed by atoms with van der Waals surface area (Å²) < 4.78 is 4.84. The Labute approximate surface area is 349 Å². The smallest absolute Gasteiger partial charge is 0.0541 e. The molecule has 0 spiro atoms. The Morgan fingerprint density at radius 3 is 1.12 bits per heavy atom. The van der Waals surface area contributed by atoms with E-state index in [9.17, 15) is 0 Å². The van der Waals surface area contributed by atoms with Gasteiger partial charge in [-0.05, 0) is 138 Å². The first kappa shape index (κ1) is 34.8. The molecule has 0 atom stereocenters. The van der Waals surface area contributed by atoms with E-state index in [2.05, 4.69) is 219 Å². The molecule has 0 fully saturated rings. The van der Waals surface area contributed by atoms with Crippen LogP contribution in [0, 0.1) is 0 Å². The Balaban J connectivity index is 1.02. The van der Waals surface area contributed by atoms with Crippen molar-refractivity contribution in [2.24, 2.45) is 0 Å². The van der Waals surface area contributed by atoms with Crippen LogP contribution in [0.5, 0.6) is 0 Å². The highest BCUT2D eigenvalue weighted by molar-refractivity contribution is 6.28. The van der Waals surface area contributed by atoms with Gasteiger partial charge in [0.2, 0.25) is 0 Å². The molecule has 0 radical (unpaired) electrons. The second kappa shape index (κ2) is 13.2. The molecule has 0 aliphatic heterocycles. The molecule has 0 bridgehead atoms. The summed E-state index contributed by atoms with van der Waals surface area (Å²) in [6, 6.07) is 68.6. The molecular weight excluding hydrogens is 725 g/mol. The summed E-state index contributed by atoms with van der Waals surface area (Å²) >= 11 is 0. The lowest BCUT2D eigenvalue weighted by Gasteiger charge is -2.17. The molecule has 2 aromatic heterocycles. The van der Waals surface area contributed by atoms with Crippen LogP contribution < -0.4 is 0 Å². The molecule has 2 heterocycles. The number of hydrogen-bond donors (Lipinski definition) is 0. The average Bonchev–Trinajstić information content (AvgIpc) is 3.80. The number of para-hydroxylation sites is 2. The van der Waals surface area contributed by atoms with E-state index in [1.165, 1.54) is 121 Å². The highest BCUT2D eigenvalue weighted by atomic mass is 15.0. The summed E-state index contributed by atoms with van der Waals surface area (Å²) in [4.78, 5) is 0. The molecule has 0 aliphatic rings. The zero-order valence-corrected chi connectivity index (χ0v) is 34.4. The predicted octanol–water partition coefficient (Wildman–Crippen LogP) is 16.4. The van der Waals surface area contributed by atoms with Crippen molar-refractivity contribution in [3.05, 3.63) is 193 Å². The van der Waals surface area contributed by atoms with Gasteiger partial charge in [0, 0.05) is 32.9 Å². The van der Waals surface area contributed by atoms with Gasteiger partial charge in [0.25, 0.3) is 0 Å². The summed E-state index contributed by atoms with van der Waals surface area (Å²) in [6.45, 7) is 9.01. The minimum atomic E-state index is 0.499. The Morgan fingerprint density at radius 2 is 0.700 bits per heavy atom. The van der Waals surface area contributed by atoms with Gasteiger partial charge in [-0.1, -0.05) is 149 Å². The second-order valence-corrected chi connectivity index (χ2v) is 17.3. The van der Waals surface area contributed by atoms with E-state index in [4.69, 9.17) is 0 Å². The summed E-state index contributed by atoms with van der Waals surface area (Å²) in [5, 5.41) is 12.9. The number of hydrogen-bond acceptors (Lipinski definition) is 0. The van der Waals surface area contributed by atoms with Gasteiger partial charge >= 0.3 is 0 Å². The highest BCUT2D eigenvalue weighted by Gasteiger charge is 2.19. The fourth-order valence-corrected chi connectivity index (χ4v) is 10.2. The minimum Gasteiger partial charge on any atom is -0.309 e. The lowest BCUT2D eigenvalue weighted by Crippen LogP contribution is -1.95. The second-order valence-electron chi connectivity index (χ2n) is 17.3. The van der Waals surface area contributed by atoms with E-state index in [0.717, 1.165) is 0 Å². The summed E-state index contributed by atoms with van der Waals surface area (Å²) in [7, 11) is 0. The molecule has 0 N–H and O–H groups in total. The van der Waals surface area contributed by atoms with E-state index in [0.29, 0.717) is 11.8 Å². The van der Waals surface area contributed by atoms with Gasteiger partial charge in [0.1, 0.15) is 0 Å². The van der Waals surface area contributed by atoms with Crippen LogP contribution in [0.1, 0.15) is 50.7 Å². The normalized spacial score (nSPS) is 12.3. The zero-order valence-electron chi connectivity index (χ0n) is 34.4. The molecule has 60 heavy (non-hydrogen) atoms. The predicted molar refractivity (Wildman–Crippen MR) is 258 cm³/mol. The summed E-state index contributed by atoms with van der Waals surface area (Å²) in [6.07, 6.45) is 0. The van der Waals surface area contributed by atoms with Crippen molar-refractivity contribution < 1.29 is 0 Å². The molecule has 12 rings (SSSR count). The topological polar surface area (TPSA) is 9.86 Å². The van der Waals surface area contributed by atoms with Gasteiger partial charge in [-0.3, -0.25) is 0 Å². The Kier molecular flexibility index (Phi) is 7.65. The number of nitrogens with zero attached hydrogens (tertiary/aromatic N) is 2. The van der Waals surface area contributed by atoms with Crippen LogP contribution in [-0.4, -0.2) is 9.13 Å². The molecule has 10 aromatic carbocycles. The number of aromatic nitrogens is 2. The van der Waals surface area contributed by atoms with Gasteiger partial charge in [-0.25, -0.2) is 0 Å². The van der Waals surface area contributed by atoms with Crippen LogP contribution in [0.2, 0.25) is 0 Å². The molecule has 0 amide bonds. The number of rotatable bonds is 6. The molecule has 12 aromatic rings. The van der Waals surface area contributed by atoms with E-state index in [1.807, 2.05) is 0 Å². The van der Waals surface area contributed by atoms with Crippen molar-refractivity contribution in [2.45, 2.75) is 39.5 Å². The van der Waals surface area contributed by atoms with E-state index >= 15 is 0 Å². The van der Waals surface area contributed by atoms with Gasteiger partial charge < -0.3 is 9.13 Å². The Bertz CT molecular complexity index is 3390. The van der Waals surface area contributed by atoms with E-state index in [1.54, 1.807) is 0 Å². The maximum Gasteiger partial charge on any atom is 0.0541 e. The van der Waals surface area contributed by atoms with Crippen molar-refractivity contribution in [1.82, 2.24) is 9.13 Å². The molecule has 0 aliphatic carbocycles. The monoisotopic (exact) mass is 768 g/mol. The molecule has 0 unspecified atom stereocenters. The third-order valence-corrected chi connectivity index (χ3v) is 13.3. The molecule has 2 heteroatoms. The third-order valence-electron chi connectivity index (χ3n) is 13.3. The maximum atomic E-state index is 2.42. The molecule has 2 nitrogen and oxygen atoms in total. The van der Waals surface area contributed by atoms with Crippen LogP contribution in [0.25, 0.3) is 110 Å². The first-order valence-corrected chi connectivity index (χ1v) is 21.4. The average molecular weight is 769 g/mol. The summed E-state index contributed by atoms with van der Waals surface area (Å²) in [5.41, 5.74) is 15.0. The zero-order chi connectivity index (χ0) is 40.2. The van der Waals surface area contributed by atoms with Crippen molar-refractivity contribution in [2.75, 3.05) is 0 Å². The standard InChI is InChI=1S/C58H44N2/c1-35(2)37-13-23-43(24-14-37)59-53-11-7-5-9-47(53)51-33-41(21-31-55(51)59)45-27-17-39-20-30-50-46(28-18-40-19-29-49(45)57(39)58(40)50)42-22-32-56-52(34-42)48-10-6-8-12-54(48)60(56)44-25-15-38(16-26-44)36(3)4/h5-36H,1-4H3. The van der Waals surface area contributed by atoms with Crippen molar-refractivity contribution in [3.8, 4) is 33.6 Å². The molecule has 286 valence electrons.